The Morgan fingerprint density at radius 1 is 0.915 bits per heavy atom. The molecule has 3 fully saturated rings. The summed E-state index contributed by atoms with van der Waals surface area (Å²) < 4.78 is 7.97. The van der Waals surface area contributed by atoms with Crippen molar-refractivity contribution < 1.29 is 19.1 Å². The number of piperazine rings is 1. The summed E-state index contributed by atoms with van der Waals surface area (Å²) in [6.45, 7) is 9.00. The maximum absolute atomic E-state index is 14.1. The van der Waals surface area contributed by atoms with E-state index in [1.807, 2.05) is 57.6 Å². The zero-order chi connectivity index (χ0) is 32.3. The molecule has 250 valence electrons. The van der Waals surface area contributed by atoms with Gasteiger partial charge in [-0.05, 0) is 74.4 Å². The highest BCUT2D eigenvalue weighted by Crippen LogP contribution is 2.26. The molecule has 2 aromatic heterocycles. The Kier molecular flexibility index (Phi) is 9.30. The summed E-state index contributed by atoms with van der Waals surface area (Å²) in [6.07, 6.45) is 4.64. The predicted molar refractivity (Wildman–Crippen MR) is 178 cm³/mol. The monoisotopic (exact) mass is 642 g/mol. The number of fused-ring (bicyclic) bond motifs is 2. The van der Waals surface area contributed by atoms with Crippen molar-refractivity contribution in [3.63, 3.8) is 0 Å². The van der Waals surface area contributed by atoms with Crippen LogP contribution in [-0.4, -0.2) is 124 Å². The van der Waals surface area contributed by atoms with Gasteiger partial charge in [0, 0.05) is 95.0 Å². The van der Waals surface area contributed by atoms with Crippen molar-refractivity contribution in [2.75, 3.05) is 64.2 Å². The Balaban J connectivity index is 1.00. The molecule has 6 heterocycles. The lowest BCUT2D eigenvalue weighted by atomic mass is 10.0. The van der Waals surface area contributed by atoms with Crippen LogP contribution in [0.4, 0.5) is 15.3 Å². The number of hydrogen-bond donors (Lipinski definition) is 2. The van der Waals surface area contributed by atoms with Gasteiger partial charge in [0.1, 0.15) is 0 Å². The van der Waals surface area contributed by atoms with Crippen LogP contribution in [0, 0.1) is 6.92 Å². The smallest absolute Gasteiger partial charge is 0.410 e. The number of benzene rings is 1. The third-order valence-corrected chi connectivity index (χ3v) is 10.4. The standard InChI is InChI=1S/C35H46N8O4/c1-25-22-26(23-30-6-12-37-43(25)30)24-32(33(44)40-15-8-28(9-16-40)39-20-13-36-14-21-39)47-35(46)41-17-10-29(11-18-41)42-19-7-27-4-2-3-5-31(27)38-34(42)45/h2-6,12,22-23,28-29,32,36H,7-11,13-21,24H2,1H3,(H,38,45). The second-order valence-electron chi connectivity index (χ2n) is 13.3. The van der Waals surface area contributed by atoms with Gasteiger partial charge >= 0.3 is 12.1 Å². The fourth-order valence-electron chi connectivity index (χ4n) is 7.79. The fraction of sp³-hybridized carbons (Fsp3) is 0.543. The summed E-state index contributed by atoms with van der Waals surface area (Å²) >= 11 is 0. The molecule has 4 amide bonds. The van der Waals surface area contributed by atoms with Crippen LogP contribution >= 0.6 is 0 Å². The first-order valence-electron chi connectivity index (χ1n) is 17.2. The number of carbonyl (C=O) groups excluding carboxylic acids is 3. The Hall–Kier alpha value is -4.16. The third kappa shape index (κ3) is 6.94. The number of pyridine rings is 1. The van der Waals surface area contributed by atoms with Crippen LogP contribution in [0.1, 0.15) is 42.5 Å². The summed E-state index contributed by atoms with van der Waals surface area (Å²) in [5.74, 6) is -0.126. The average Bonchev–Trinajstić information content (AvgIpc) is 3.52. The lowest BCUT2D eigenvalue weighted by Gasteiger charge is -2.41. The first kappa shape index (κ1) is 31.4. The van der Waals surface area contributed by atoms with Crippen LogP contribution in [0.15, 0.2) is 48.7 Å². The summed E-state index contributed by atoms with van der Waals surface area (Å²) in [5, 5.41) is 10.9. The molecule has 1 aromatic carbocycles. The number of likely N-dealkylation sites (tertiary alicyclic amines) is 2. The molecule has 12 heteroatoms. The second kappa shape index (κ2) is 13.9. The van der Waals surface area contributed by atoms with Crippen molar-refractivity contribution in [2.45, 2.75) is 63.6 Å². The molecule has 3 saturated heterocycles. The molecule has 0 saturated carbocycles. The third-order valence-electron chi connectivity index (χ3n) is 10.4. The summed E-state index contributed by atoms with van der Waals surface area (Å²) in [7, 11) is 0. The molecule has 0 bridgehead atoms. The molecular weight excluding hydrogens is 596 g/mol. The number of piperidine rings is 2. The van der Waals surface area contributed by atoms with E-state index >= 15 is 0 Å². The Labute approximate surface area is 276 Å². The van der Waals surface area contributed by atoms with Gasteiger partial charge in [0.15, 0.2) is 6.10 Å². The van der Waals surface area contributed by atoms with Crippen LogP contribution in [0.2, 0.25) is 0 Å². The minimum atomic E-state index is -0.921. The Bertz CT molecular complexity index is 1590. The normalized spacial score (nSPS) is 20.9. The molecule has 0 spiro atoms. The van der Waals surface area contributed by atoms with Crippen LogP contribution in [0.25, 0.3) is 5.52 Å². The summed E-state index contributed by atoms with van der Waals surface area (Å²) in [6, 6.07) is 14.3. The minimum Gasteiger partial charge on any atom is -0.436 e. The largest absolute Gasteiger partial charge is 0.436 e. The van der Waals surface area contributed by atoms with E-state index in [0.29, 0.717) is 58.0 Å². The highest BCUT2D eigenvalue weighted by Gasteiger charge is 2.36. The first-order chi connectivity index (χ1) is 22.9. The van der Waals surface area contributed by atoms with Crippen molar-refractivity contribution >= 4 is 29.2 Å². The number of aryl methyl sites for hydroxylation is 1. The Morgan fingerprint density at radius 3 is 2.43 bits per heavy atom. The number of aromatic nitrogens is 2. The quantitative estimate of drug-likeness (QED) is 0.425. The minimum absolute atomic E-state index is 0.0353. The van der Waals surface area contributed by atoms with Gasteiger partial charge in [-0.2, -0.15) is 5.10 Å². The number of hydrogen-bond acceptors (Lipinski definition) is 7. The SMILES string of the molecule is Cc1cc(CC(OC(=O)N2CCC(N3CCc4ccccc4NC3=O)CC2)C(=O)N2CCC(N3CCNCC3)CC2)cc2ccnn12. The van der Waals surface area contributed by atoms with Crippen molar-refractivity contribution in [3.8, 4) is 0 Å². The molecule has 0 aliphatic carbocycles. The molecule has 7 rings (SSSR count). The van der Waals surface area contributed by atoms with E-state index in [1.165, 1.54) is 0 Å². The van der Waals surface area contributed by atoms with E-state index in [2.05, 4.69) is 26.7 Å². The van der Waals surface area contributed by atoms with E-state index in [-0.39, 0.29) is 18.0 Å². The molecule has 1 atom stereocenters. The molecular formula is C35H46N8O4. The zero-order valence-corrected chi connectivity index (χ0v) is 27.3. The van der Waals surface area contributed by atoms with Crippen LogP contribution in [-0.2, 0) is 22.4 Å². The molecule has 0 radical (unpaired) electrons. The molecule has 1 unspecified atom stereocenters. The number of carbonyl (C=O) groups is 3. The number of para-hydroxylation sites is 1. The lowest BCUT2D eigenvalue weighted by molar-refractivity contribution is -0.142. The van der Waals surface area contributed by atoms with E-state index in [0.717, 1.165) is 73.5 Å². The molecule has 2 N–H and O–H groups in total. The summed E-state index contributed by atoms with van der Waals surface area (Å²) in [5.41, 5.74) is 4.84. The zero-order valence-electron chi connectivity index (χ0n) is 27.3. The van der Waals surface area contributed by atoms with Gasteiger partial charge < -0.3 is 30.1 Å². The molecule has 47 heavy (non-hydrogen) atoms. The van der Waals surface area contributed by atoms with Crippen LogP contribution < -0.4 is 10.6 Å². The van der Waals surface area contributed by atoms with E-state index in [9.17, 15) is 14.4 Å². The van der Waals surface area contributed by atoms with Gasteiger partial charge in [0.2, 0.25) is 0 Å². The van der Waals surface area contributed by atoms with Crippen molar-refractivity contribution in [1.29, 1.82) is 0 Å². The lowest BCUT2D eigenvalue weighted by Crippen LogP contribution is -2.54. The molecule has 12 nitrogen and oxygen atoms in total. The first-order valence-corrected chi connectivity index (χ1v) is 17.2. The Morgan fingerprint density at radius 2 is 1.64 bits per heavy atom. The van der Waals surface area contributed by atoms with Crippen LogP contribution in [0.5, 0.6) is 0 Å². The summed E-state index contributed by atoms with van der Waals surface area (Å²) in [4.78, 5) is 48.8. The van der Waals surface area contributed by atoms with Crippen molar-refractivity contribution in [1.82, 2.24) is 34.5 Å². The molecule has 3 aromatic rings. The van der Waals surface area contributed by atoms with Gasteiger partial charge in [-0.25, -0.2) is 14.1 Å². The van der Waals surface area contributed by atoms with Gasteiger partial charge in [0.05, 0.1) is 5.52 Å². The number of rotatable bonds is 6. The van der Waals surface area contributed by atoms with E-state index in [1.54, 1.807) is 11.1 Å². The molecule has 4 aliphatic rings. The maximum atomic E-state index is 14.1. The highest BCUT2D eigenvalue weighted by molar-refractivity contribution is 5.91. The number of anilines is 1. The number of urea groups is 1. The average molecular weight is 643 g/mol. The van der Waals surface area contributed by atoms with Gasteiger partial charge in [-0.15, -0.1) is 0 Å². The van der Waals surface area contributed by atoms with Gasteiger partial charge in [-0.1, -0.05) is 18.2 Å². The van der Waals surface area contributed by atoms with E-state index in [4.69, 9.17) is 4.74 Å². The highest BCUT2D eigenvalue weighted by atomic mass is 16.6. The van der Waals surface area contributed by atoms with Gasteiger partial charge in [-0.3, -0.25) is 9.69 Å². The van der Waals surface area contributed by atoms with Gasteiger partial charge in [0.25, 0.3) is 5.91 Å². The van der Waals surface area contributed by atoms with Crippen molar-refractivity contribution in [2.24, 2.45) is 0 Å². The number of nitrogens with one attached hydrogen (secondary N) is 2. The van der Waals surface area contributed by atoms with Crippen molar-refractivity contribution in [3.05, 3.63) is 65.5 Å². The second-order valence-corrected chi connectivity index (χ2v) is 13.3. The maximum Gasteiger partial charge on any atom is 0.410 e. The molecule has 4 aliphatic heterocycles. The number of nitrogens with zero attached hydrogens (tertiary/aromatic N) is 6. The fourth-order valence-corrected chi connectivity index (χ4v) is 7.79. The van der Waals surface area contributed by atoms with Crippen LogP contribution in [0.3, 0.4) is 0 Å². The predicted octanol–water partition coefficient (Wildman–Crippen LogP) is 3.14. The topological polar surface area (TPSA) is 115 Å². The number of ether oxygens (including phenoxy) is 1. The van der Waals surface area contributed by atoms with E-state index < -0.39 is 12.2 Å². The number of amides is 4.